The summed E-state index contributed by atoms with van der Waals surface area (Å²) in [4.78, 5) is 22.9. The van der Waals surface area contributed by atoms with Crippen LogP contribution in [0, 0.1) is 0 Å². The minimum Gasteiger partial charge on any atom is -0.455 e. The zero-order chi connectivity index (χ0) is 24.5. The van der Waals surface area contributed by atoms with Crippen LogP contribution in [0.5, 0.6) is 11.5 Å². The van der Waals surface area contributed by atoms with E-state index in [4.69, 9.17) is 21.1 Å². The molecule has 0 amide bonds. The molecular formula is C27H23ClN4O3S. The second-order valence-electron chi connectivity index (χ2n) is 8.60. The number of H-pyrrole nitrogens is 1. The Kier molecular flexibility index (Phi) is 6.31. The van der Waals surface area contributed by atoms with Gasteiger partial charge in [-0.25, -0.2) is 4.98 Å². The summed E-state index contributed by atoms with van der Waals surface area (Å²) in [6.45, 7) is 2.60. The first-order valence-electron chi connectivity index (χ1n) is 11.6. The standard InChI is InChI=1S/C27H23ClN4O3S/c28-25-7-4-17(15-31-25)14-30-18-5-6-21-24(12-18)36-23-3-1-2-20(27(23)35-21)22-16-32(10-11-34-22)19-8-9-29-26(33)13-19/h1-9,12-13,15,22,30H,10-11,14,16H2,(H,29,33). The molecule has 1 unspecified atom stereocenters. The Balaban J connectivity index is 1.20. The highest BCUT2D eigenvalue weighted by Crippen LogP contribution is 2.50. The van der Waals surface area contributed by atoms with Crippen molar-refractivity contribution in [3.8, 4) is 11.5 Å². The third kappa shape index (κ3) is 4.80. The van der Waals surface area contributed by atoms with E-state index in [9.17, 15) is 4.79 Å². The van der Waals surface area contributed by atoms with E-state index in [-0.39, 0.29) is 11.7 Å². The molecule has 6 rings (SSSR count). The van der Waals surface area contributed by atoms with Crippen LogP contribution in [0.4, 0.5) is 11.4 Å². The van der Waals surface area contributed by atoms with Gasteiger partial charge >= 0.3 is 0 Å². The second kappa shape index (κ2) is 9.89. The molecule has 1 atom stereocenters. The number of hydrogen-bond acceptors (Lipinski definition) is 7. The van der Waals surface area contributed by atoms with E-state index >= 15 is 0 Å². The number of halogens is 1. The number of aromatic amines is 1. The lowest BCUT2D eigenvalue weighted by atomic mass is 10.1. The highest BCUT2D eigenvalue weighted by atomic mass is 35.5. The maximum absolute atomic E-state index is 11.8. The number of hydrogen-bond donors (Lipinski definition) is 2. The lowest BCUT2D eigenvalue weighted by Gasteiger charge is -2.35. The average Bonchev–Trinajstić information content (AvgIpc) is 2.91. The second-order valence-corrected chi connectivity index (χ2v) is 10.1. The first-order chi connectivity index (χ1) is 17.6. The number of morpholine rings is 1. The number of nitrogens with zero attached hydrogens (tertiary/aromatic N) is 2. The van der Waals surface area contributed by atoms with Gasteiger partial charge in [-0.1, -0.05) is 41.6 Å². The molecule has 4 aromatic rings. The third-order valence-electron chi connectivity index (χ3n) is 6.21. The van der Waals surface area contributed by atoms with Gasteiger partial charge in [-0.2, -0.15) is 0 Å². The molecule has 36 heavy (non-hydrogen) atoms. The summed E-state index contributed by atoms with van der Waals surface area (Å²) >= 11 is 7.57. The van der Waals surface area contributed by atoms with E-state index in [0.717, 1.165) is 50.3 Å². The van der Waals surface area contributed by atoms with Crippen molar-refractivity contribution in [1.82, 2.24) is 9.97 Å². The fraction of sp³-hybridized carbons (Fsp3) is 0.185. The van der Waals surface area contributed by atoms with Crippen LogP contribution < -0.4 is 20.5 Å². The summed E-state index contributed by atoms with van der Waals surface area (Å²) in [6.07, 6.45) is 3.29. The number of anilines is 2. The van der Waals surface area contributed by atoms with Crippen LogP contribution in [0.15, 0.2) is 87.6 Å². The molecule has 4 heterocycles. The zero-order valence-electron chi connectivity index (χ0n) is 19.2. The Morgan fingerprint density at radius 2 is 2.08 bits per heavy atom. The summed E-state index contributed by atoms with van der Waals surface area (Å²) in [7, 11) is 0. The summed E-state index contributed by atoms with van der Waals surface area (Å²) in [6, 6.07) is 19.6. The zero-order valence-corrected chi connectivity index (χ0v) is 20.8. The van der Waals surface area contributed by atoms with Gasteiger partial charge in [-0.05, 0) is 42.0 Å². The van der Waals surface area contributed by atoms with Crippen LogP contribution in [0.3, 0.4) is 0 Å². The van der Waals surface area contributed by atoms with Crippen molar-refractivity contribution in [2.75, 3.05) is 29.9 Å². The van der Waals surface area contributed by atoms with Gasteiger partial charge in [0, 0.05) is 55.0 Å². The van der Waals surface area contributed by atoms with E-state index in [1.165, 1.54) is 0 Å². The summed E-state index contributed by atoms with van der Waals surface area (Å²) in [5.74, 6) is 1.65. The molecule has 2 aromatic heterocycles. The maximum Gasteiger partial charge on any atom is 0.249 e. The molecule has 2 N–H and O–H groups in total. The molecule has 1 fully saturated rings. The predicted molar refractivity (Wildman–Crippen MR) is 142 cm³/mol. The van der Waals surface area contributed by atoms with Crippen molar-refractivity contribution in [3.05, 3.63) is 99.7 Å². The van der Waals surface area contributed by atoms with Crippen molar-refractivity contribution in [2.24, 2.45) is 0 Å². The highest BCUT2D eigenvalue weighted by molar-refractivity contribution is 7.99. The van der Waals surface area contributed by atoms with Crippen LogP contribution in [-0.4, -0.2) is 29.7 Å². The maximum atomic E-state index is 11.8. The van der Waals surface area contributed by atoms with E-state index in [1.807, 2.05) is 30.3 Å². The first kappa shape index (κ1) is 23.0. The molecule has 0 aliphatic carbocycles. The molecular weight excluding hydrogens is 496 g/mol. The van der Waals surface area contributed by atoms with Gasteiger partial charge in [0.15, 0.2) is 0 Å². The molecule has 2 aliphatic heterocycles. The van der Waals surface area contributed by atoms with Crippen LogP contribution >= 0.6 is 23.4 Å². The number of rotatable bonds is 5. The molecule has 0 saturated carbocycles. The SMILES string of the molecule is O=c1cc(N2CCOC(c3cccc4c3Oc3ccc(NCc5ccc(Cl)nc5)cc3S4)C2)cc[nH]1. The van der Waals surface area contributed by atoms with E-state index in [0.29, 0.717) is 24.8 Å². The Morgan fingerprint density at radius 1 is 1.14 bits per heavy atom. The third-order valence-corrected chi connectivity index (χ3v) is 7.51. The number of ether oxygens (including phenoxy) is 2. The monoisotopic (exact) mass is 518 g/mol. The first-order valence-corrected chi connectivity index (χ1v) is 12.8. The molecule has 0 spiro atoms. The Morgan fingerprint density at radius 3 is 2.94 bits per heavy atom. The van der Waals surface area contributed by atoms with Gasteiger partial charge in [0.25, 0.3) is 0 Å². The molecule has 0 radical (unpaired) electrons. The van der Waals surface area contributed by atoms with Crippen molar-refractivity contribution in [3.63, 3.8) is 0 Å². The quantitative estimate of drug-likeness (QED) is 0.282. The number of fused-ring (bicyclic) bond motifs is 2. The largest absolute Gasteiger partial charge is 0.455 e. The minimum atomic E-state index is -0.163. The summed E-state index contributed by atoms with van der Waals surface area (Å²) in [5.41, 5.74) is 3.85. The van der Waals surface area contributed by atoms with Gasteiger partial charge in [-0.3, -0.25) is 4.79 Å². The molecule has 7 nitrogen and oxygen atoms in total. The number of pyridine rings is 2. The van der Waals surface area contributed by atoms with Crippen LogP contribution in [0.2, 0.25) is 5.15 Å². The van der Waals surface area contributed by atoms with Crippen LogP contribution in [0.1, 0.15) is 17.2 Å². The fourth-order valence-corrected chi connectivity index (χ4v) is 5.55. The van der Waals surface area contributed by atoms with Crippen molar-refractivity contribution < 1.29 is 9.47 Å². The lowest BCUT2D eigenvalue weighted by Crippen LogP contribution is -2.39. The molecule has 2 aromatic carbocycles. The van der Waals surface area contributed by atoms with Crippen LogP contribution in [-0.2, 0) is 11.3 Å². The summed E-state index contributed by atoms with van der Waals surface area (Å²) < 4.78 is 12.6. The van der Waals surface area contributed by atoms with E-state index < -0.39 is 0 Å². The van der Waals surface area contributed by atoms with E-state index in [2.05, 4.69) is 38.4 Å². The van der Waals surface area contributed by atoms with Gasteiger partial charge in [0.05, 0.1) is 16.4 Å². The minimum absolute atomic E-state index is 0.109. The molecule has 1 saturated heterocycles. The lowest BCUT2D eigenvalue weighted by molar-refractivity contribution is 0.0383. The van der Waals surface area contributed by atoms with Crippen LogP contribution in [0.25, 0.3) is 0 Å². The van der Waals surface area contributed by atoms with E-state index in [1.54, 1.807) is 36.3 Å². The number of aromatic nitrogens is 2. The van der Waals surface area contributed by atoms with Crippen molar-refractivity contribution in [1.29, 1.82) is 0 Å². The molecule has 2 aliphatic rings. The number of nitrogens with one attached hydrogen (secondary N) is 2. The Labute approximate surface area is 217 Å². The van der Waals surface area contributed by atoms with Gasteiger partial charge in [-0.15, -0.1) is 0 Å². The van der Waals surface area contributed by atoms with Gasteiger partial charge in [0.1, 0.15) is 22.8 Å². The number of benzene rings is 2. The normalized spacial score (nSPS) is 16.6. The summed E-state index contributed by atoms with van der Waals surface area (Å²) in [5, 5.41) is 3.93. The van der Waals surface area contributed by atoms with Crippen molar-refractivity contribution in [2.45, 2.75) is 22.4 Å². The molecule has 9 heteroatoms. The Hall–Kier alpha value is -3.46. The molecule has 0 bridgehead atoms. The van der Waals surface area contributed by atoms with Gasteiger partial charge in [0.2, 0.25) is 5.56 Å². The Bertz CT molecular complexity index is 1460. The topological polar surface area (TPSA) is 79.5 Å². The highest BCUT2D eigenvalue weighted by Gasteiger charge is 2.29. The molecule has 182 valence electrons. The average molecular weight is 519 g/mol. The number of para-hydroxylation sites is 1. The fourth-order valence-electron chi connectivity index (χ4n) is 4.40. The van der Waals surface area contributed by atoms with Crippen molar-refractivity contribution >= 4 is 34.7 Å². The van der Waals surface area contributed by atoms with Gasteiger partial charge < -0.3 is 24.7 Å². The predicted octanol–water partition coefficient (Wildman–Crippen LogP) is 5.87. The smallest absolute Gasteiger partial charge is 0.249 e.